The molecular formula is C55H35N3S. The maximum atomic E-state index is 5.41. The zero-order valence-electron chi connectivity index (χ0n) is 32.0. The second-order valence-corrected chi connectivity index (χ2v) is 16.3. The Morgan fingerprint density at radius 2 is 0.780 bits per heavy atom. The Balaban J connectivity index is 1.01. The van der Waals surface area contributed by atoms with E-state index in [1.807, 2.05) is 11.3 Å². The number of hydrogen-bond donors (Lipinski definition) is 0. The number of rotatable bonds is 6. The highest BCUT2D eigenvalue weighted by molar-refractivity contribution is 7.25. The molecule has 3 heterocycles. The third-order valence-electron chi connectivity index (χ3n) is 11.7. The molecule has 0 saturated carbocycles. The third kappa shape index (κ3) is 5.60. The first kappa shape index (κ1) is 33.6. The van der Waals surface area contributed by atoms with Crippen LogP contribution < -0.4 is 0 Å². The highest BCUT2D eigenvalue weighted by Crippen LogP contribution is 2.40. The van der Waals surface area contributed by atoms with E-state index in [4.69, 9.17) is 4.98 Å². The van der Waals surface area contributed by atoms with Crippen LogP contribution in [0, 0.1) is 0 Å². The monoisotopic (exact) mass is 769 g/mol. The van der Waals surface area contributed by atoms with Crippen molar-refractivity contribution in [3.05, 3.63) is 212 Å². The summed E-state index contributed by atoms with van der Waals surface area (Å²) in [4.78, 5) is 5.41. The Kier molecular flexibility index (Phi) is 7.72. The maximum Gasteiger partial charge on any atom is 0.145 e. The Bertz CT molecular complexity index is 3410. The molecule has 9 aromatic carbocycles. The third-order valence-corrected chi connectivity index (χ3v) is 12.9. The average Bonchev–Trinajstić information content (AvgIpc) is 3.98. The van der Waals surface area contributed by atoms with Crippen molar-refractivity contribution in [1.82, 2.24) is 14.1 Å². The van der Waals surface area contributed by atoms with Crippen molar-refractivity contribution in [3.63, 3.8) is 0 Å². The summed E-state index contributed by atoms with van der Waals surface area (Å²) in [7, 11) is 0. The van der Waals surface area contributed by atoms with E-state index in [1.165, 1.54) is 69.8 Å². The van der Waals surface area contributed by atoms with Crippen molar-refractivity contribution in [2.45, 2.75) is 0 Å². The molecule has 0 aliphatic rings. The molecule has 0 aliphatic carbocycles. The van der Waals surface area contributed by atoms with E-state index >= 15 is 0 Å². The lowest BCUT2D eigenvalue weighted by molar-refractivity contribution is 1.10. The predicted octanol–water partition coefficient (Wildman–Crippen LogP) is 15.2. The van der Waals surface area contributed by atoms with E-state index in [0.29, 0.717) is 0 Å². The van der Waals surface area contributed by atoms with Gasteiger partial charge in [0.05, 0.1) is 22.1 Å². The first-order valence-electron chi connectivity index (χ1n) is 20.0. The molecule has 0 fully saturated rings. The van der Waals surface area contributed by atoms with Crippen molar-refractivity contribution >= 4 is 64.3 Å². The SMILES string of the molecule is c1ccc(-c2cc(-c3ccccc3)cc(-c3ccc(-n4c(-c5ccc(-n6c7ccccc7c7ccccc76)cc5)nc5cc6sc7ccccc7c6cc54)cc3)c2)cc1. The molecule has 0 aliphatic heterocycles. The molecule has 0 unspecified atom stereocenters. The number of para-hydroxylation sites is 2. The molecule has 0 saturated heterocycles. The summed E-state index contributed by atoms with van der Waals surface area (Å²) < 4.78 is 7.25. The van der Waals surface area contributed by atoms with Gasteiger partial charge in [0, 0.05) is 47.9 Å². The van der Waals surface area contributed by atoms with Crippen LogP contribution in [0.25, 0.3) is 109 Å². The van der Waals surface area contributed by atoms with E-state index in [0.717, 1.165) is 39.4 Å². The Hall–Kier alpha value is -7.53. The van der Waals surface area contributed by atoms with E-state index in [9.17, 15) is 0 Å². The smallest absolute Gasteiger partial charge is 0.145 e. The number of hydrogen-bond acceptors (Lipinski definition) is 2. The van der Waals surface area contributed by atoms with E-state index < -0.39 is 0 Å². The van der Waals surface area contributed by atoms with Crippen molar-refractivity contribution < 1.29 is 0 Å². The standard InChI is InChI=1S/C55H35N3S/c1-3-13-36(14-4-1)40-31-41(37-15-5-2-6-16-37)33-42(32-40)38-23-27-44(28-24-38)58-52-34-48-47-19-9-12-22-53(47)59-54(48)35-49(52)56-55(58)39-25-29-43(30-26-39)57-50-20-10-7-17-45(50)46-18-8-11-21-51(46)57/h1-35H. The van der Waals surface area contributed by atoms with Crippen molar-refractivity contribution in [1.29, 1.82) is 0 Å². The lowest BCUT2D eigenvalue weighted by atomic mass is 9.93. The van der Waals surface area contributed by atoms with Crippen LogP contribution in [0.1, 0.15) is 0 Å². The summed E-state index contributed by atoms with van der Waals surface area (Å²) in [5.41, 5.74) is 14.9. The summed E-state index contributed by atoms with van der Waals surface area (Å²) in [6.07, 6.45) is 0. The van der Waals surface area contributed by atoms with Gasteiger partial charge >= 0.3 is 0 Å². The molecule has 4 heteroatoms. The lowest BCUT2D eigenvalue weighted by Gasteiger charge is -2.14. The van der Waals surface area contributed by atoms with Crippen LogP contribution in [0.3, 0.4) is 0 Å². The summed E-state index contributed by atoms with van der Waals surface area (Å²) in [6.45, 7) is 0. The maximum absolute atomic E-state index is 5.41. The summed E-state index contributed by atoms with van der Waals surface area (Å²) in [6, 6.07) is 76.8. The molecule has 12 aromatic rings. The van der Waals surface area contributed by atoms with Crippen LogP contribution in [0.2, 0.25) is 0 Å². The summed E-state index contributed by atoms with van der Waals surface area (Å²) in [5, 5.41) is 5.05. The first-order chi connectivity index (χ1) is 29.2. The topological polar surface area (TPSA) is 22.8 Å². The van der Waals surface area contributed by atoms with Crippen molar-refractivity contribution in [3.8, 4) is 56.1 Å². The highest BCUT2D eigenvalue weighted by Gasteiger charge is 2.19. The van der Waals surface area contributed by atoms with E-state index in [-0.39, 0.29) is 0 Å². The minimum Gasteiger partial charge on any atom is -0.309 e. The molecular weight excluding hydrogens is 735 g/mol. The molecule has 0 radical (unpaired) electrons. The molecule has 0 bridgehead atoms. The zero-order chi connectivity index (χ0) is 38.9. The van der Waals surface area contributed by atoms with Crippen LogP contribution in [0.4, 0.5) is 0 Å². The zero-order valence-corrected chi connectivity index (χ0v) is 32.8. The Morgan fingerprint density at radius 3 is 1.37 bits per heavy atom. The minimum absolute atomic E-state index is 0.918. The number of benzene rings is 9. The average molecular weight is 770 g/mol. The van der Waals surface area contributed by atoms with Gasteiger partial charge in [-0.2, -0.15) is 0 Å². The van der Waals surface area contributed by atoms with Gasteiger partial charge in [-0.05, 0) is 118 Å². The molecule has 0 atom stereocenters. The summed E-state index contributed by atoms with van der Waals surface area (Å²) in [5.74, 6) is 0.918. The van der Waals surface area contributed by atoms with Crippen molar-refractivity contribution in [2.75, 3.05) is 0 Å². The van der Waals surface area contributed by atoms with Crippen LogP contribution in [-0.4, -0.2) is 14.1 Å². The number of thiophene rings is 1. The predicted molar refractivity (Wildman–Crippen MR) is 250 cm³/mol. The van der Waals surface area contributed by atoms with Gasteiger partial charge in [0.2, 0.25) is 0 Å². The molecule has 59 heavy (non-hydrogen) atoms. The van der Waals surface area contributed by atoms with Gasteiger partial charge in [0.15, 0.2) is 0 Å². The minimum atomic E-state index is 0.918. The molecule has 3 aromatic heterocycles. The fourth-order valence-electron chi connectivity index (χ4n) is 8.90. The van der Waals surface area contributed by atoms with Gasteiger partial charge in [-0.25, -0.2) is 4.98 Å². The van der Waals surface area contributed by atoms with Crippen molar-refractivity contribution in [2.24, 2.45) is 0 Å². The molecule has 12 rings (SSSR count). The van der Waals surface area contributed by atoms with Gasteiger partial charge in [-0.15, -0.1) is 11.3 Å². The van der Waals surface area contributed by atoms with Crippen LogP contribution in [0.15, 0.2) is 212 Å². The Labute approximate surface area is 345 Å². The number of aromatic nitrogens is 3. The first-order valence-corrected chi connectivity index (χ1v) is 20.8. The van der Waals surface area contributed by atoms with E-state index in [1.54, 1.807) is 0 Å². The van der Waals surface area contributed by atoms with Gasteiger partial charge < -0.3 is 4.57 Å². The van der Waals surface area contributed by atoms with Gasteiger partial charge in [-0.1, -0.05) is 127 Å². The second-order valence-electron chi connectivity index (χ2n) is 15.2. The number of fused-ring (bicyclic) bond motifs is 7. The normalized spacial score (nSPS) is 11.7. The van der Waals surface area contributed by atoms with E-state index in [2.05, 4.69) is 221 Å². The van der Waals surface area contributed by atoms with Crippen LogP contribution in [-0.2, 0) is 0 Å². The largest absolute Gasteiger partial charge is 0.309 e. The van der Waals surface area contributed by atoms with Gasteiger partial charge in [0.1, 0.15) is 5.82 Å². The number of nitrogens with zero attached hydrogens (tertiary/aromatic N) is 3. The molecule has 0 amide bonds. The summed E-state index contributed by atoms with van der Waals surface area (Å²) >= 11 is 1.83. The van der Waals surface area contributed by atoms with Gasteiger partial charge in [0.25, 0.3) is 0 Å². The Morgan fingerprint density at radius 1 is 0.305 bits per heavy atom. The van der Waals surface area contributed by atoms with Crippen LogP contribution in [0.5, 0.6) is 0 Å². The fraction of sp³-hybridized carbons (Fsp3) is 0. The lowest BCUT2D eigenvalue weighted by Crippen LogP contribution is -1.99. The molecule has 0 N–H and O–H groups in total. The molecule has 0 spiro atoms. The quantitative estimate of drug-likeness (QED) is 0.165. The molecule has 276 valence electrons. The molecule has 3 nitrogen and oxygen atoms in total. The highest BCUT2D eigenvalue weighted by atomic mass is 32.1. The van der Waals surface area contributed by atoms with Crippen LogP contribution >= 0.6 is 11.3 Å². The fourth-order valence-corrected chi connectivity index (χ4v) is 10.0. The second kappa shape index (κ2) is 13.6. The van der Waals surface area contributed by atoms with Gasteiger partial charge in [-0.3, -0.25) is 4.57 Å². The number of imidazole rings is 1.